The van der Waals surface area contributed by atoms with Crippen molar-refractivity contribution in [3.63, 3.8) is 0 Å². The van der Waals surface area contributed by atoms with Gasteiger partial charge in [-0.2, -0.15) is 0 Å². The van der Waals surface area contributed by atoms with Crippen LogP contribution >= 0.6 is 0 Å². The molecule has 3 aromatic carbocycles. The van der Waals surface area contributed by atoms with Crippen LogP contribution in [-0.4, -0.2) is 30.1 Å². The maximum atomic E-state index is 12.9. The molecule has 0 aliphatic rings. The average Bonchev–Trinajstić information content (AvgIpc) is 2.88. The summed E-state index contributed by atoms with van der Waals surface area (Å²) in [5, 5.41) is 2.97. The van der Waals surface area contributed by atoms with Crippen molar-refractivity contribution in [2.24, 2.45) is 0 Å². The first-order chi connectivity index (χ1) is 16.2. The van der Waals surface area contributed by atoms with Gasteiger partial charge in [-0.05, 0) is 41.5 Å². The molecule has 0 spiro atoms. The zero-order valence-electron chi connectivity index (χ0n) is 18.6. The van der Waals surface area contributed by atoms with Gasteiger partial charge in [-0.1, -0.05) is 48.5 Å². The Labute approximate surface area is 193 Å². The highest BCUT2D eigenvalue weighted by molar-refractivity contribution is 5.97. The van der Waals surface area contributed by atoms with Crippen molar-refractivity contribution in [3.8, 4) is 22.8 Å². The minimum Gasteiger partial charge on any atom is -0.496 e. The van der Waals surface area contributed by atoms with Gasteiger partial charge in [-0.15, -0.1) is 0 Å². The Bertz CT molecular complexity index is 1240. The Kier molecular flexibility index (Phi) is 6.95. The van der Waals surface area contributed by atoms with Crippen LogP contribution in [0.5, 0.6) is 11.5 Å². The van der Waals surface area contributed by atoms with Gasteiger partial charge < -0.3 is 14.8 Å². The quantitative estimate of drug-likeness (QED) is 0.432. The van der Waals surface area contributed by atoms with Gasteiger partial charge in [0.15, 0.2) is 0 Å². The molecule has 4 rings (SSSR count). The second kappa shape index (κ2) is 10.4. The number of benzene rings is 3. The second-order valence-corrected chi connectivity index (χ2v) is 7.47. The van der Waals surface area contributed by atoms with Gasteiger partial charge in [-0.3, -0.25) is 4.79 Å². The molecule has 0 unspecified atom stereocenters. The predicted octanol–water partition coefficient (Wildman–Crippen LogP) is 4.68. The van der Waals surface area contributed by atoms with Crippen molar-refractivity contribution >= 4 is 5.91 Å². The van der Waals surface area contributed by atoms with Crippen LogP contribution in [0.4, 0.5) is 0 Å². The van der Waals surface area contributed by atoms with Gasteiger partial charge in [0, 0.05) is 24.2 Å². The summed E-state index contributed by atoms with van der Waals surface area (Å²) in [7, 11) is 3.20. The fraction of sp³-hybridized carbons (Fsp3) is 0.148. The summed E-state index contributed by atoms with van der Waals surface area (Å²) in [6.07, 6.45) is 2.10. The molecule has 166 valence electrons. The van der Waals surface area contributed by atoms with Crippen molar-refractivity contribution < 1.29 is 14.3 Å². The largest absolute Gasteiger partial charge is 0.496 e. The van der Waals surface area contributed by atoms with Gasteiger partial charge in [0.25, 0.3) is 5.91 Å². The highest BCUT2D eigenvalue weighted by Crippen LogP contribution is 2.28. The molecule has 0 fully saturated rings. The van der Waals surface area contributed by atoms with Gasteiger partial charge in [0.1, 0.15) is 17.8 Å². The van der Waals surface area contributed by atoms with Crippen LogP contribution in [0, 0.1) is 0 Å². The first-order valence-electron chi connectivity index (χ1n) is 10.6. The van der Waals surface area contributed by atoms with Crippen LogP contribution in [0.1, 0.15) is 27.2 Å². The van der Waals surface area contributed by atoms with Crippen LogP contribution in [-0.2, 0) is 13.0 Å². The molecule has 1 aromatic heterocycles. The third kappa shape index (κ3) is 5.36. The summed E-state index contributed by atoms with van der Waals surface area (Å²) in [4.78, 5) is 21.7. The number of nitrogens with zero attached hydrogens (tertiary/aromatic N) is 2. The molecule has 33 heavy (non-hydrogen) atoms. The standard InChI is InChI=1S/C27H25N3O3/c1-32-25-11-7-6-10-22(25)24-16-21(29-18-30-24)14-20-12-13-26(33-2)23(15-20)27(31)28-17-19-8-4-3-5-9-19/h3-13,15-16,18H,14,17H2,1-2H3,(H,28,31). The SMILES string of the molecule is COc1ccc(Cc2cc(-c3ccccc3OC)ncn2)cc1C(=O)NCc1ccccc1. The van der Waals surface area contributed by atoms with Gasteiger partial charge in [0.2, 0.25) is 0 Å². The molecular weight excluding hydrogens is 414 g/mol. The monoisotopic (exact) mass is 439 g/mol. The van der Waals surface area contributed by atoms with E-state index in [9.17, 15) is 4.79 Å². The van der Waals surface area contributed by atoms with E-state index in [-0.39, 0.29) is 5.91 Å². The first-order valence-corrected chi connectivity index (χ1v) is 10.6. The van der Waals surface area contributed by atoms with E-state index in [0.29, 0.717) is 24.3 Å². The van der Waals surface area contributed by atoms with Gasteiger partial charge >= 0.3 is 0 Å². The molecule has 1 N–H and O–H groups in total. The number of hydrogen-bond acceptors (Lipinski definition) is 5. The molecule has 0 saturated carbocycles. The van der Waals surface area contributed by atoms with E-state index >= 15 is 0 Å². The minimum atomic E-state index is -0.185. The van der Waals surface area contributed by atoms with E-state index in [4.69, 9.17) is 9.47 Å². The number of nitrogens with one attached hydrogen (secondary N) is 1. The fourth-order valence-electron chi connectivity index (χ4n) is 3.62. The number of rotatable bonds is 8. The number of ether oxygens (including phenoxy) is 2. The van der Waals surface area contributed by atoms with E-state index in [1.807, 2.05) is 78.9 Å². The summed E-state index contributed by atoms with van der Waals surface area (Å²) in [6.45, 7) is 0.446. The fourth-order valence-corrected chi connectivity index (χ4v) is 3.62. The maximum absolute atomic E-state index is 12.9. The Morgan fingerprint density at radius 2 is 1.58 bits per heavy atom. The van der Waals surface area contributed by atoms with E-state index in [1.54, 1.807) is 20.5 Å². The lowest BCUT2D eigenvalue weighted by Gasteiger charge is -2.12. The molecule has 0 saturated heterocycles. The number of amides is 1. The summed E-state index contributed by atoms with van der Waals surface area (Å²) in [5.74, 6) is 1.10. The Morgan fingerprint density at radius 3 is 2.36 bits per heavy atom. The topological polar surface area (TPSA) is 73.3 Å². The van der Waals surface area contributed by atoms with E-state index in [2.05, 4.69) is 15.3 Å². The van der Waals surface area contributed by atoms with Crippen LogP contribution in [0.3, 0.4) is 0 Å². The third-order valence-corrected chi connectivity index (χ3v) is 5.30. The van der Waals surface area contributed by atoms with E-state index in [1.165, 1.54) is 0 Å². The van der Waals surface area contributed by atoms with Crippen LogP contribution in [0.2, 0.25) is 0 Å². The summed E-state index contributed by atoms with van der Waals surface area (Å²) in [5.41, 5.74) is 5.00. The van der Waals surface area contributed by atoms with Crippen molar-refractivity contribution in [1.29, 1.82) is 0 Å². The van der Waals surface area contributed by atoms with Gasteiger partial charge in [0.05, 0.1) is 25.5 Å². The van der Waals surface area contributed by atoms with Crippen molar-refractivity contribution in [2.75, 3.05) is 14.2 Å². The van der Waals surface area contributed by atoms with Crippen LogP contribution in [0.25, 0.3) is 11.3 Å². The normalized spacial score (nSPS) is 10.5. The van der Waals surface area contributed by atoms with Crippen molar-refractivity contribution in [2.45, 2.75) is 13.0 Å². The van der Waals surface area contributed by atoms with Crippen LogP contribution in [0.15, 0.2) is 85.2 Å². The lowest BCUT2D eigenvalue weighted by atomic mass is 10.0. The number of carbonyl (C=O) groups excluding carboxylic acids is 1. The zero-order chi connectivity index (χ0) is 23.0. The number of aromatic nitrogens is 2. The Morgan fingerprint density at radius 1 is 0.818 bits per heavy atom. The van der Waals surface area contributed by atoms with E-state index < -0.39 is 0 Å². The molecule has 6 nitrogen and oxygen atoms in total. The highest BCUT2D eigenvalue weighted by atomic mass is 16.5. The highest BCUT2D eigenvalue weighted by Gasteiger charge is 2.14. The molecule has 0 radical (unpaired) electrons. The number of para-hydroxylation sites is 1. The molecule has 6 heteroatoms. The minimum absolute atomic E-state index is 0.185. The summed E-state index contributed by atoms with van der Waals surface area (Å²) in [6, 6.07) is 25.1. The van der Waals surface area contributed by atoms with Crippen LogP contribution < -0.4 is 14.8 Å². The lowest BCUT2D eigenvalue weighted by Crippen LogP contribution is -2.23. The molecule has 1 amide bonds. The molecule has 0 aliphatic heterocycles. The molecule has 4 aromatic rings. The van der Waals surface area contributed by atoms with Crippen molar-refractivity contribution in [3.05, 3.63) is 108 Å². The number of methoxy groups -OCH3 is 2. The molecule has 0 bridgehead atoms. The third-order valence-electron chi connectivity index (χ3n) is 5.30. The lowest BCUT2D eigenvalue weighted by molar-refractivity contribution is 0.0947. The maximum Gasteiger partial charge on any atom is 0.255 e. The summed E-state index contributed by atoms with van der Waals surface area (Å²) >= 11 is 0. The predicted molar refractivity (Wildman–Crippen MR) is 127 cm³/mol. The smallest absolute Gasteiger partial charge is 0.255 e. The van der Waals surface area contributed by atoms with Gasteiger partial charge in [-0.25, -0.2) is 9.97 Å². The average molecular weight is 440 g/mol. The Hall–Kier alpha value is -4.19. The molecular formula is C27H25N3O3. The Balaban J connectivity index is 1.55. The van der Waals surface area contributed by atoms with Crippen molar-refractivity contribution in [1.82, 2.24) is 15.3 Å². The zero-order valence-corrected chi connectivity index (χ0v) is 18.6. The second-order valence-electron chi connectivity index (χ2n) is 7.47. The molecule has 1 heterocycles. The number of hydrogen-bond donors (Lipinski definition) is 1. The number of carbonyl (C=O) groups is 1. The summed E-state index contributed by atoms with van der Waals surface area (Å²) < 4.78 is 10.9. The molecule has 0 aliphatic carbocycles. The first kappa shape index (κ1) is 22.0. The van der Waals surface area contributed by atoms with E-state index in [0.717, 1.165) is 33.8 Å². The molecule has 0 atom stereocenters.